The average Bonchev–Trinajstić information content (AvgIpc) is 2.79. The van der Waals surface area contributed by atoms with Gasteiger partial charge in [0.05, 0.1) is 11.2 Å². The van der Waals surface area contributed by atoms with Gasteiger partial charge in [-0.1, -0.05) is 0 Å². The average molecular weight is 221 g/mol. The Hall–Kier alpha value is -0.830. The molecule has 0 bridgehead atoms. The molecule has 1 aliphatic carbocycles. The maximum atomic E-state index is 6.20. The maximum absolute atomic E-state index is 6.20. The smallest absolute Gasteiger partial charge is 0.0629 e. The quantitative estimate of drug-likeness (QED) is 0.832. The lowest BCUT2D eigenvalue weighted by Crippen LogP contribution is -2.26. The minimum Gasteiger partial charge on any atom is -0.325 e. The van der Waals surface area contributed by atoms with Crippen LogP contribution in [-0.2, 0) is 12.0 Å². The Morgan fingerprint density at radius 2 is 1.88 bits per heavy atom. The fourth-order valence-corrected chi connectivity index (χ4v) is 2.27. The van der Waals surface area contributed by atoms with Gasteiger partial charge >= 0.3 is 0 Å². The van der Waals surface area contributed by atoms with Crippen LogP contribution in [0.5, 0.6) is 0 Å². The van der Waals surface area contributed by atoms with E-state index in [4.69, 9.17) is 5.73 Å². The minimum absolute atomic E-state index is 0.0540. The van der Waals surface area contributed by atoms with Gasteiger partial charge in [0.2, 0.25) is 0 Å². The Morgan fingerprint density at radius 1 is 1.31 bits per heavy atom. The maximum Gasteiger partial charge on any atom is 0.0629 e. The van der Waals surface area contributed by atoms with E-state index in [2.05, 4.69) is 44.4 Å². The van der Waals surface area contributed by atoms with Gasteiger partial charge in [-0.2, -0.15) is 5.10 Å². The van der Waals surface area contributed by atoms with E-state index in [-0.39, 0.29) is 11.1 Å². The van der Waals surface area contributed by atoms with E-state index in [1.165, 1.54) is 11.3 Å². The van der Waals surface area contributed by atoms with Crippen molar-refractivity contribution in [1.82, 2.24) is 9.78 Å². The molecule has 1 heterocycles. The van der Waals surface area contributed by atoms with Gasteiger partial charge in [-0.3, -0.25) is 4.68 Å². The number of hydrogen-bond donors (Lipinski definition) is 1. The second-order valence-electron chi connectivity index (χ2n) is 6.27. The van der Waals surface area contributed by atoms with E-state index in [9.17, 15) is 0 Å². The lowest BCUT2D eigenvalue weighted by molar-refractivity contribution is 0.346. The Morgan fingerprint density at radius 3 is 2.25 bits per heavy atom. The molecule has 2 rings (SSSR count). The molecular formula is C13H23N3. The molecule has 0 aromatic carbocycles. The summed E-state index contributed by atoms with van der Waals surface area (Å²) in [7, 11) is 0. The van der Waals surface area contributed by atoms with Gasteiger partial charge in [0, 0.05) is 11.2 Å². The van der Waals surface area contributed by atoms with Crippen LogP contribution in [0.4, 0.5) is 0 Å². The van der Waals surface area contributed by atoms with Crippen LogP contribution in [0.2, 0.25) is 0 Å². The molecule has 1 aromatic heterocycles. The summed E-state index contributed by atoms with van der Waals surface area (Å²) >= 11 is 0. The molecule has 3 heteroatoms. The van der Waals surface area contributed by atoms with E-state index >= 15 is 0 Å². The molecule has 0 aliphatic heterocycles. The van der Waals surface area contributed by atoms with Gasteiger partial charge in [-0.25, -0.2) is 0 Å². The Balaban J connectivity index is 2.35. The molecule has 0 spiro atoms. The normalized spacial score (nSPS) is 18.9. The van der Waals surface area contributed by atoms with Crippen molar-refractivity contribution in [2.45, 2.75) is 65.0 Å². The first-order valence-corrected chi connectivity index (χ1v) is 6.07. The largest absolute Gasteiger partial charge is 0.325 e. The molecule has 1 fully saturated rings. The zero-order valence-electron chi connectivity index (χ0n) is 11.1. The van der Waals surface area contributed by atoms with Crippen molar-refractivity contribution in [1.29, 1.82) is 0 Å². The van der Waals surface area contributed by atoms with Crippen molar-refractivity contribution in [2.24, 2.45) is 5.73 Å². The number of nitrogens with two attached hydrogens (primary N) is 1. The fourth-order valence-electron chi connectivity index (χ4n) is 2.27. The predicted molar refractivity (Wildman–Crippen MR) is 66.6 cm³/mol. The van der Waals surface area contributed by atoms with Gasteiger partial charge in [-0.15, -0.1) is 0 Å². The van der Waals surface area contributed by atoms with Gasteiger partial charge in [-0.05, 0) is 59.4 Å². The van der Waals surface area contributed by atoms with E-state index in [1.54, 1.807) is 0 Å². The number of rotatable bonds is 2. The van der Waals surface area contributed by atoms with Crippen LogP contribution in [0.25, 0.3) is 0 Å². The lowest BCUT2D eigenvalue weighted by Gasteiger charge is -2.21. The Kier molecular flexibility index (Phi) is 2.42. The number of aryl methyl sites for hydroxylation is 1. The summed E-state index contributed by atoms with van der Waals surface area (Å²) < 4.78 is 2.13. The molecule has 1 aliphatic rings. The highest BCUT2D eigenvalue weighted by molar-refractivity contribution is 5.29. The second-order valence-corrected chi connectivity index (χ2v) is 6.27. The SMILES string of the molecule is Cc1nn(C(C)(C)C)c(C)c1CC1(N)CC1. The van der Waals surface area contributed by atoms with Crippen LogP contribution < -0.4 is 5.73 Å². The molecule has 0 radical (unpaired) electrons. The van der Waals surface area contributed by atoms with Crippen LogP contribution in [0.1, 0.15) is 50.6 Å². The van der Waals surface area contributed by atoms with Gasteiger partial charge in [0.15, 0.2) is 0 Å². The van der Waals surface area contributed by atoms with E-state index in [1.807, 2.05) is 0 Å². The summed E-state index contributed by atoms with van der Waals surface area (Å²) in [6.07, 6.45) is 3.31. The predicted octanol–water partition coefficient (Wildman–Crippen LogP) is 2.29. The number of hydrogen-bond acceptors (Lipinski definition) is 2. The standard InChI is InChI=1S/C13H23N3/c1-9-11(8-13(14)6-7-13)10(2)16(15-9)12(3,4)5/h6-8,14H2,1-5H3. The molecule has 1 aromatic rings. The zero-order chi connectivity index (χ0) is 12.1. The zero-order valence-corrected chi connectivity index (χ0v) is 11.1. The van der Waals surface area contributed by atoms with Gasteiger partial charge in [0.25, 0.3) is 0 Å². The summed E-state index contributed by atoms with van der Waals surface area (Å²) in [6, 6.07) is 0. The third kappa shape index (κ3) is 2.01. The van der Waals surface area contributed by atoms with Crippen LogP contribution in [0.15, 0.2) is 0 Å². The van der Waals surface area contributed by atoms with Crippen LogP contribution in [-0.4, -0.2) is 15.3 Å². The minimum atomic E-state index is 0.0540. The van der Waals surface area contributed by atoms with Crippen molar-refractivity contribution < 1.29 is 0 Å². The Labute approximate surface area is 98.0 Å². The number of aromatic nitrogens is 2. The fraction of sp³-hybridized carbons (Fsp3) is 0.769. The molecule has 2 N–H and O–H groups in total. The summed E-state index contributed by atoms with van der Waals surface area (Å²) in [5, 5.41) is 4.65. The topological polar surface area (TPSA) is 43.8 Å². The molecular weight excluding hydrogens is 198 g/mol. The van der Waals surface area contributed by atoms with Crippen molar-refractivity contribution in [3.05, 3.63) is 17.0 Å². The summed E-state index contributed by atoms with van der Waals surface area (Å²) in [4.78, 5) is 0. The number of nitrogens with zero attached hydrogens (tertiary/aromatic N) is 2. The van der Waals surface area contributed by atoms with E-state index in [0.29, 0.717) is 0 Å². The van der Waals surface area contributed by atoms with Crippen LogP contribution in [0.3, 0.4) is 0 Å². The molecule has 90 valence electrons. The third-order valence-electron chi connectivity index (χ3n) is 3.50. The second kappa shape index (κ2) is 3.33. The third-order valence-corrected chi connectivity index (χ3v) is 3.50. The highest BCUT2D eigenvalue weighted by atomic mass is 15.3. The highest BCUT2D eigenvalue weighted by Crippen LogP contribution is 2.37. The molecule has 16 heavy (non-hydrogen) atoms. The van der Waals surface area contributed by atoms with Crippen molar-refractivity contribution in [2.75, 3.05) is 0 Å². The summed E-state index contributed by atoms with van der Waals surface area (Å²) in [5.41, 5.74) is 10.1. The van der Waals surface area contributed by atoms with E-state index < -0.39 is 0 Å². The van der Waals surface area contributed by atoms with Crippen molar-refractivity contribution in [3.8, 4) is 0 Å². The highest BCUT2D eigenvalue weighted by Gasteiger charge is 2.39. The Bertz CT molecular complexity index is 406. The molecule has 0 unspecified atom stereocenters. The van der Waals surface area contributed by atoms with Crippen molar-refractivity contribution >= 4 is 0 Å². The first-order chi connectivity index (χ1) is 7.23. The van der Waals surface area contributed by atoms with Crippen LogP contribution in [0, 0.1) is 13.8 Å². The van der Waals surface area contributed by atoms with Gasteiger partial charge in [0.1, 0.15) is 0 Å². The monoisotopic (exact) mass is 221 g/mol. The molecule has 0 atom stereocenters. The molecule has 0 saturated heterocycles. The first kappa shape index (κ1) is 11.6. The van der Waals surface area contributed by atoms with Crippen molar-refractivity contribution in [3.63, 3.8) is 0 Å². The van der Waals surface area contributed by atoms with Crippen LogP contribution >= 0.6 is 0 Å². The molecule has 1 saturated carbocycles. The van der Waals surface area contributed by atoms with Gasteiger partial charge < -0.3 is 5.73 Å². The summed E-state index contributed by atoms with van der Waals surface area (Å²) in [5.74, 6) is 0. The van der Waals surface area contributed by atoms with E-state index in [0.717, 1.165) is 25.0 Å². The summed E-state index contributed by atoms with van der Waals surface area (Å²) in [6.45, 7) is 10.8. The lowest BCUT2D eigenvalue weighted by atomic mass is 10.0. The molecule has 3 nitrogen and oxygen atoms in total. The molecule has 0 amide bonds. The first-order valence-electron chi connectivity index (χ1n) is 6.07.